The molecule has 5 heteroatoms. The number of aliphatic hydroxyl groups excluding tert-OH is 1. The Bertz CT molecular complexity index is 617. The number of aryl methyl sites for hydroxylation is 2. The maximum Gasteiger partial charge on any atom is 0.137 e. The van der Waals surface area contributed by atoms with Crippen LogP contribution in [0.5, 0.6) is 0 Å². The lowest BCUT2D eigenvalue weighted by atomic mass is 9.90. The fourth-order valence-corrected chi connectivity index (χ4v) is 3.20. The van der Waals surface area contributed by atoms with Crippen molar-refractivity contribution < 1.29 is 5.11 Å². The van der Waals surface area contributed by atoms with Gasteiger partial charge in [0.2, 0.25) is 0 Å². The maximum atomic E-state index is 10.5. The van der Waals surface area contributed by atoms with E-state index in [9.17, 15) is 5.11 Å². The summed E-state index contributed by atoms with van der Waals surface area (Å²) >= 11 is 0. The summed E-state index contributed by atoms with van der Waals surface area (Å²) < 4.78 is 1.91. The highest BCUT2D eigenvalue weighted by molar-refractivity contribution is 5.17. The van der Waals surface area contributed by atoms with E-state index < -0.39 is 6.10 Å². The Morgan fingerprint density at radius 3 is 2.68 bits per heavy atom. The molecule has 1 aliphatic rings. The van der Waals surface area contributed by atoms with Crippen molar-refractivity contribution in [2.75, 3.05) is 13.1 Å². The number of piperidine rings is 1. The van der Waals surface area contributed by atoms with Gasteiger partial charge in [0, 0.05) is 32.2 Å². The van der Waals surface area contributed by atoms with Crippen LogP contribution in [0.3, 0.4) is 0 Å². The van der Waals surface area contributed by atoms with Crippen LogP contribution in [0.4, 0.5) is 0 Å². The molecule has 118 valence electrons. The van der Waals surface area contributed by atoms with Gasteiger partial charge >= 0.3 is 0 Å². The molecule has 1 fully saturated rings. The number of likely N-dealkylation sites (tertiary alicyclic amines) is 1. The molecule has 0 bridgehead atoms. The molecule has 0 amide bonds. The Morgan fingerprint density at radius 1 is 1.27 bits per heavy atom. The van der Waals surface area contributed by atoms with Crippen LogP contribution in [0.1, 0.15) is 36.0 Å². The summed E-state index contributed by atoms with van der Waals surface area (Å²) in [4.78, 5) is 11.2. The van der Waals surface area contributed by atoms with Gasteiger partial charge < -0.3 is 9.67 Å². The van der Waals surface area contributed by atoms with Crippen LogP contribution in [0.15, 0.2) is 30.7 Å². The van der Waals surface area contributed by atoms with Crippen molar-refractivity contribution in [2.24, 2.45) is 13.0 Å². The fourth-order valence-electron chi connectivity index (χ4n) is 3.20. The second-order valence-corrected chi connectivity index (χ2v) is 6.22. The van der Waals surface area contributed by atoms with Crippen LogP contribution in [0.2, 0.25) is 0 Å². The Morgan fingerprint density at radius 2 is 2.05 bits per heavy atom. The van der Waals surface area contributed by atoms with Crippen molar-refractivity contribution in [3.63, 3.8) is 0 Å². The van der Waals surface area contributed by atoms with Gasteiger partial charge in [-0.15, -0.1) is 0 Å². The highest BCUT2D eigenvalue weighted by Crippen LogP contribution is 2.30. The van der Waals surface area contributed by atoms with E-state index in [0.29, 0.717) is 5.92 Å². The second-order valence-electron chi connectivity index (χ2n) is 6.22. The number of pyridine rings is 1. The van der Waals surface area contributed by atoms with E-state index >= 15 is 0 Å². The van der Waals surface area contributed by atoms with E-state index in [4.69, 9.17) is 0 Å². The highest BCUT2D eigenvalue weighted by Gasteiger charge is 2.28. The maximum absolute atomic E-state index is 10.5. The molecule has 0 aliphatic carbocycles. The molecule has 1 atom stereocenters. The molecule has 1 saturated heterocycles. The van der Waals surface area contributed by atoms with Crippen LogP contribution >= 0.6 is 0 Å². The zero-order chi connectivity index (χ0) is 15.5. The Hall–Kier alpha value is -1.72. The van der Waals surface area contributed by atoms with Crippen molar-refractivity contribution in [1.29, 1.82) is 0 Å². The number of aromatic nitrogens is 3. The lowest BCUT2D eigenvalue weighted by Gasteiger charge is -2.34. The van der Waals surface area contributed by atoms with Gasteiger partial charge in [-0.25, -0.2) is 4.98 Å². The molecular formula is C17H24N4O. The third kappa shape index (κ3) is 3.20. The van der Waals surface area contributed by atoms with Crippen molar-refractivity contribution in [3.8, 4) is 0 Å². The molecule has 2 aromatic heterocycles. The standard InChI is InChI=1S/C17H24N4O/c1-13-4-3-7-18-15(13)12-21-9-5-14(6-10-21)16(22)17-19-8-11-20(17)2/h3-4,7-8,11,14,16,22H,5-6,9-10,12H2,1-2H3. The number of hydrogen-bond donors (Lipinski definition) is 1. The molecule has 2 aromatic rings. The van der Waals surface area contributed by atoms with Gasteiger partial charge in [-0.2, -0.15) is 0 Å². The summed E-state index contributed by atoms with van der Waals surface area (Å²) in [5.41, 5.74) is 2.41. The van der Waals surface area contributed by atoms with Crippen molar-refractivity contribution >= 4 is 0 Å². The summed E-state index contributed by atoms with van der Waals surface area (Å²) in [7, 11) is 1.94. The summed E-state index contributed by atoms with van der Waals surface area (Å²) in [5, 5.41) is 10.5. The lowest BCUT2D eigenvalue weighted by Crippen LogP contribution is -2.36. The summed E-state index contributed by atoms with van der Waals surface area (Å²) in [5.74, 6) is 1.07. The molecular weight excluding hydrogens is 276 g/mol. The first-order chi connectivity index (χ1) is 10.6. The van der Waals surface area contributed by atoms with Gasteiger partial charge in [-0.3, -0.25) is 9.88 Å². The predicted octanol–water partition coefficient (Wildman–Crippen LogP) is 2.07. The average molecular weight is 300 g/mol. The third-order valence-corrected chi connectivity index (χ3v) is 4.69. The minimum absolute atomic E-state index is 0.294. The number of hydrogen-bond acceptors (Lipinski definition) is 4. The smallest absolute Gasteiger partial charge is 0.137 e. The van der Waals surface area contributed by atoms with E-state index in [1.807, 2.05) is 30.1 Å². The first kappa shape index (κ1) is 15.2. The third-order valence-electron chi connectivity index (χ3n) is 4.69. The van der Waals surface area contributed by atoms with Crippen LogP contribution in [0, 0.1) is 12.8 Å². The number of aliphatic hydroxyl groups is 1. The molecule has 1 unspecified atom stereocenters. The average Bonchev–Trinajstić information content (AvgIpc) is 2.96. The van der Waals surface area contributed by atoms with E-state index in [1.165, 1.54) is 5.56 Å². The van der Waals surface area contributed by atoms with E-state index in [-0.39, 0.29) is 0 Å². The van der Waals surface area contributed by atoms with Crippen LogP contribution < -0.4 is 0 Å². The first-order valence-corrected chi connectivity index (χ1v) is 7.93. The van der Waals surface area contributed by atoms with Crippen molar-refractivity contribution in [2.45, 2.75) is 32.4 Å². The molecule has 1 aliphatic heterocycles. The minimum Gasteiger partial charge on any atom is -0.385 e. The van der Waals surface area contributed by atoms with Crippen molar-refractivity contribution in [1.82, 2.24) is 19.4 Å². The zero-order valence-electron chi connectivity index (χ0n) is 13.3. The zero-order valence-corrected chi connectivity index (χ0v) is 13.3. The predicted molar refractivity (Wildman–Crippen MR) is 85.1 cm³/mol. The number of rotatable bonds is 4. The lowest BCUT2D eigenvalue weighted by molar-refractivity contribution is 0.0488. The molecule has 0 saturated carbocycles. The second kappa shape index (κ2) is 6.58. The number of imidazole rings is 1. The highest BCUT2D eigenvalue weighted by atomic mass is 16.3. The Balaban J connectivity index is 1.57. The van der Waals surface area contributed by atoms with Crippen LogP contribution in [-0.4, -0.2) is 37.6 Å². The van der Waals surface area contributed by atoms with Gasteiger partial charge in [-0.1, -0.05) is 6.07 Å². The fraction of sp³-hybridized carbons (Fsp3) is 0.529. The molecule has 0 aromatic carbocycles. The topological polar surface area (TPSA) is 54.2 Å². The molecule has 0 spiro atoms. The molecule has 3 heterocycles. The molecule has 22 heavy (non-hydrogen) atoms. The Kier molecular flexibility index (Phi) is 4.55. The van der Waals surface area contributed by atoms with Gasteiger partial charge in [0.25, 0.3) is 0 Å². The van der Waals surface area contributed by atoms with E-state index in [0.717, 1.165) is 44.0 Å². The Labute approximate surface area is 131 Å². The summed E-state index contributed by atoms with van der Waals surface area (Å²) in [6, 6.07) is 4.09. The van der Waals surface area contributed by atoms with Gasteiger partial charge in [0.05, 0.1) is 5.69 Å². The van der Waals surface area contributed by atoms with Crippen LogP contribution in [0.25, 0.3) is 0 Å². The monoisotopic (exact) mass is 300 g/mol. The van der Waals surface area contributed by atoms with Gasteiger partial charge in [-0.05, 0) is 50.4 Å². The van der Waals surface area contributed by atoms with E-state index in [2.05, 4.69) is 27.9 Å². The molecule has 3 rings (SSSR count). The largest absolute Gasteiger partial charge is 0.385 e. The number of nitrogens with zero attached hydrogens (tertiary/aromatic N) is 4. The van der Waals surface area contributed by atoms with Gasteiger partial charge in [0.1, 0.15) is 11.9 Å². The summed E-state index contributed by atoms with van der Waals surface area (Å²) in [6.07, 6.45) is 7.04. The molecule has 1 N–H and O–H groups in total. The summed E-state index contributed by atoms with van der Waals surface area (Å²) in [6.45, 7) is 5.02. The molecule has 0 radical (unpaired) electrons. The van der Waals surface area contributed by atoms with Gasteiger partial charge in [0.15, 0.2) is 0 Å². The van der Waals surface area contributed by atoms with Crippen molar-refractivity contribution in [3.05, 3.63) is 47.8 Å². The van der Waals surface area contributed by atoms with E-state index in [1.54, 1.807) is 6.20 Å². The molecule has 5 nitrogen and oxygen atoms in total. The van der Waals surface area contributed by atoms with Crippen LogP contribution in [-0.2, 0) is 13.6 Å². The SMILES string of the molecule is Cc1cccnc1CN1CCC(C(O)c2nccn2C)CC1. The first-order valence-electron chi connectivity index (χ1n) is 7.93. The quantitative estimate of drug-likeness (QED) is 0.939. The minimum atomic E-state index is -0.460. The normalized spacial score (nSPS) is 18.5.